The Labute approximate surface area is 474 Å². The van der Waals surface area contributed by atoms with Crippen molar-refractivity contribution in [1.29, 1.82) is 0 Å². The highest BCUT2D eigenvalue weighted by Gasteiger charge is 2.29. The molecule has 0 radical (unpaired) electrons. The first-order chi connectivity index (χ1) is 39.5. The highest BCUT2D eigenvalue weighted by molar-refractivity contribution is 6.00. The lowest BCUT2D eigenvalue weighted by Gasteiger charge is -2.29. The maximum Gasteiger partial charge on any atom is 0.275 e. The zero-order valence-electron chi connectivity index (χ0n) is 46.8. The Morgan fingerprint density at radius 3 is 1.49 bits per heavy atom. The van der Waals surface area contributed by atoms with E-state index in [-0.39, 0.29) is 74.6 Å². The molecular formula is C59H62N12O12. The summed E-state index contributed by atoms with van der Waals surface area (Å²) in [7, 11) is 9.10. The van der Waals surface area contributed by atoms with Crippen molar-refractivity contribution in [2.45, 2.75) is 39.2 Å². The molecule has 0 saturated heterocycles. The van der Waals surface area contributed by atoms with Crippen molar-refractivity contribution in [2.24, 2.45) is 0 Å². The number of hydrogen-bond acceptors (Lipinski definition) is 21. The predicted octanol–water partition coefficient (Wildman–Crippen LogP) is 4.85. The minimum Gasteiger partial charge on any atom is -0.505 e. The first-order valence-electron chi connectivity index (χ1n) is 26.3. The average Bonchev–Trinajstić information content (AvgIpc) is 2.72. The SMILES string of the molecule is CC[C@@H](Nc1c(Nc2ccnc(C(=O)N(C)C)c2O)c(=O)c1=O)c1cccc(CCN(Nc2c(Nc3cccc(C(=O)N(C)C)c3O)c(=O)c2=O)c2cccc(CCN(CC)Nc3c(Nc4cccc(C(=O)N(C)C)c4O)c(=O)c3=O)c2)c1. The number of para-hydroxylation sites is 2. The molecule has 430 valence electrons. The number of rotatable bonds is 25. The van der Waals surface area contributed by atoms with Gasteiger partial charge in [-0.2, -0.15) is 0 Å². The number of hydrazine groups is 2. The first kappa shape index (κ1) is 58.8. The largest absolute Gasteiger partial charge is 0.505 e. The second-order valence-corrected chi connectivity index (χ2v) is 20.1. The summed E-state index contributed by atoms with van der Waals surface area (Å²) in [5.74, 6) is -2.85. The van der Waals surface area contributed by atoms with Crippen molar-refractivity contribution in [1.82, 2.24) is 24.7 Å². The number of aromatic nitrogens is 1. The van der Waals surface area contributed by atoms with Gasteiger partial charge in [0.2, 0.25) is 0 Å². The van der Waals surface area contributed by atoms with Crippen molar-refractivity contribution < 1.29 is 29.7 Å². The number of phenolic OH excluding ortho intramolecular Hbond substituents is 2. The fraction of sp³-hybridized carbons (Fsp3) is 0.254. The highest BCUT2D eigenvalue weighted by Crippen LogP contribution is 2.36. The monoisotopic (exact) mass is 1130 g/mol. The van der Waals surface area contributed by atoms with Crippen LogP contribution in [0.3, 0.4) is 0 Å². The van der Waals surface area contributed by atoms with Crippen LogP contribution in [-0.4, -0.2) is 120 Å². The average molecular weight is 1130 g/mol. The summed E-state index contributed by atoms with van der Waals surface area (Å²) in [4.78, 5) is 125. The number of phenols is 2. The Balaban J connectivity index is 1.04. The van der Waals surface area contributed by atoms with Gasteiger partial charge in [0, 0.05) is 68.1 Å². The number of carbonyl (C=O) groups is 3. The van der Waals surface area contributed by atoms with E-state index in [1.54, 1.807) is 22.2 Å². The van der Waals surface area contributed by atoms with Crippen LogP contribution in [0.25, 0.3) is 0 Å². The molecule has 1 aromatic heterocycles. The maximum absolute atomic E-state index is 13.5. The van der Waals surface area contributed by atoms with Crippen molar-refractivity contribution in [2.75, 3.05) is 99.0 Å². The zero-order valence-corrected chi connectivity index (χ0v) is 46.8. The Hall–Kier alpha value is -10.4. The third-order valence-corrected chi connectivity index (χ3v) is 13.9. The van der Waals surface area contributed by atoms with E-state index < -0.39 is 73.6 Å². The van der Waals surface area contributed by atoms with Gasteiger partial charge in [-0.1, -0.05) is 62.4 Å². The van der Waals surface area contributed by atoms with Gasteiger partial charge in [-0.05, 0) is 78.4 Å². The number of pyridine rings is 1. The lowest BCUT2D eigenvalue weighted by atomic mass is 9.99. The first-order valence-corrected chi connectivity index (χ1v) is 26.3. The molecule has 3 amide bonds. The van der Waals surface area contributed by atoms with Crippen LogP contribution in [0, 0.1) is 0 Å². The minimum atomic E-state index is -0.866. The van der Waals surface area contributed by atoms with Crippen LogP contribution in [0.2, 0.25) is 0 Å². The fourth-order valence-electron chi connectivity index (χ4n) is 9.11. The predicted molar refractivity (Wildman–Crippen MR) is 319 cm³/mol. The van der Waals surface area contributed by atoms with Crippen molar-refractivity contribution in [3.63, 3.8) is 0 Å². The summed E-state index contributed by atoms with van der Waals surface area (Å²) in [6.07, 6.45) is 2.47. The fourth-order valence-corrected chi connectivity index (χ4v) is 9.11. The topological polar surface area (TPSA) is 316 Å². The quantitative estimate of drug-likeness (QED) is 0.0210. The number of anilines is 10. The van der Waals surface area contributed by atoms with Crippen LogP contribution in [0.4, 0.5) is 56.9 Å². The summed E-state index contributed by atoms with van der Waals surface area (Å²) in [6, 6.07) is 24.6. The molecule has 0 unspecified atom stereocenters. The third-order valence-electron chi connectivity index (χ3n) is 13.9. The summed E-state index contributed by atoms with van der Waals surface area (Å²) in [6.45, 7) is 4.60. The molecule has 1 atom stereocenters. The molecule has 0 bridgehead atoms. The molecule has 24 nitrogen and oxygen atoms in total. The molecule has 0 aliphatic heterocycles. The van der Waals surface area contributed by atoms with E-state index in [2.05, 4.69) is 37.1 Å². The number of carbonyl (C=O) groups excluding carboxylic acids is 3. The summed E-state index contributed by atoms with van der Waals surface area (Å²) in [5, 5.41) is 48.1. The Morgan fingerprint density at radius 1 is 0.506 bits per heavy atom. The summed E-state index contributed by atoms with van der Waals surface area (Å²) >= 11 is 0. The Morgan fingerprint density at radius 2 is 0.964 bits per heavy atom. The molecule has 1 heterocycles. The van der Waals surface area contributed by atoms with Crippen molar-refractivity contribution in [3.8, 4) is 17.2 Å². The van der Waals surface area contributed by atoms with E-state index in [4.69, 9.17) is 0 Å². The number of nitrogens with zero attached hydrogens (tertiary/aromatic N) is 6. The van der Waals surface area contributed by atoms with E-state index in [1.807, 2.05) is 50.2 Å². The van der Waals surface area contributed by atoms with Crippen LogP contribution in [0.5, 0.6) is 17.2 Å². The molecule has 0 saturated carbocycles. The molecule has 8 rings (SSSR count). The third kappa shape index (κ3) is 12.1. The molecule has 0 spiro atoms. The summed E-state index contributed by atoms with van der Waals surface area (Å²) in [5.41, 5.74) is 3.50. The van der Waals surface area contributed by atoms with Gasteiger partial charge >= 0.3 is 0 Å². The smallest absolute Gasteiger partial charge is 0.275 e. The molecular weight excluding hydrogens is 1070 g/mol. The molecule has 7 aromatic carbocycles. The lowest BCUT2D eigenvalue weighted by Crippen LogP contribution is -2.43. The summed E-state index contributed by atoms with van der Waals surface area (Å²) < 4.78 is 0. The van der Waals surface area contributed by atoms with Crippen molar-refractivity contribution in [3.05, 3.63) is 192 Å². The normalized spacial score (nSPS) is 11.6. The molecule has 0 aliphatic carbocycles. The zero-order chi connectivity index (χ0) is 60.1. The van der Waals surface area contributed by atoms with Crippen LogP contribution in [0.1, 0.15) is 74.2 Å². The van der Waals surface area contributed by atoms with E-state index in [9.17, 15) is 58.5 Å². The molecule has 0 fully saturated rings. The number of hydrogen-bond donors (Lipinski definition) is 9. The van der Waals surface area contributed by atoms with Crippen LogP contribution in [-0.2, 0) is 12.8 Å². The Kier molecular flexibility index (Phi) is 17.4. The number of aromatic hydroxyl groups is 3. The molecule has 9 N–H and O–H groups in total. The second-order valence-electron chi connectivity index (χ2n) is 20.1. The van der Waals surface area contributed by atoms with Gasteiger partial charge < -0.3 is 56.7 Å². The van der Waals surface area contributed by atoms with E-state index in [0.29, 0.717) is 38.0 Å². The van der Waals surface area contributed by atoms with E-state index in [1.165, 1.54) is 106 Å². The second kappa shape index (κ2) is 24.6. The van der Waals surface area contributed by atoms with Gasteiger partial charge in [-0.15, -0.1) is 0 Å². The van der Waals surface area contributed by atoms with Gasteiger partial charge in [0.15, 0.2) is 22.9 Å². The number of benzene rings is 4. The highest BCUT2D eigenvalue weighted by atomic mass is 16.3. The molecule has 8 aromatic rings. The Bertz CT molecular complexity index is 4020. The van der Waals surface area contributed by atoms with Crippen LogP contribution in [0.15, 0.2) is 126 Å². The van der Waals surface area contributed by atoms with Gasteiger partial charge in [-0.25, -0.2) is 9.99 Å². The van der Waals surface area contributed by atoms with Gasteiger partial charge in [0.25, 0.3) is 50.3 Å². The standard InChI is InChI=1S/C59H62N12O12/c1-9-37(61-41-42(52(76)51(41)75)64-40-23-26-60-47(50(40)74)59(83)69(7)8)33-17-11-15-31(29-33)25-28-71(66-46-44(54(78)56(46)80)63-39-22-14-20-36(49(39)73)58(82)68(5)6)34-18-12-16-32(30-34)24-27-70(10-2)65-45-43(53(77)55(45)79)62-38-21-13-19-35(48(38)72)57(81)67(3)4/h11-23,26,29-30,37,61-63,65-66,72-74H,9-10,24-25,27-28H2,1-8H3,(H,60,64)/t37-/m1/s1. The molecule has 83 heavy (non-hydrogen) atoms. The lowest BCUT2D eigenvalue weighted by molar-refractivity contribution is 0.0813. The van der Waals surface area contributed by atoms with Crippen LogP contribution < -0.4 is 69.7 Å². The molecule has 24 heteroatoms. The maximum atomic E-state index is 13.5. The van der Waals surface area contributed by atoms with Gasteiger partial charge in [-0.3, -0.25) is 53.6 Å². The van der Waals surface area contributed by atoms with E-state index in [0.717, 1.165) is 16.7 Å². The number of amides is 3. The number of likely N-dealkylation sites (N-methyl/N-ethyl adjacent to an activating group) is 1. The van der Waals surface area contributed by atoms with Crippen molar-refractivity contribution >= 4 is 74.6 Å². The minimum absolute atomic E-state index is 0.00168. The van der Waals surface area contributed by atoms with Gasteiger partial charge in [0.05, 0.1) is 39.9 Å². The molecule has 0 aliphatic rings. The number of nitrogens with one attached hydrogen (secondary N) is 6. The van der Waals surface area contributed by atoms with Gasteiger partial charge in [0.1, 0.15) is 34.1 Å². The van der Waals surface area contributed by atoms with Crippen LogP contribution >= 0.6 is 0 Å². The van der Waals surface area contributed by atoms with E-state index >= 15 is 0 Å².